The highest BCUT2D eigenvalue weighted by atomic mass is 28.4. The molecule has 7 heteroatoms. The van der Waals surface area contributed by atoms with Crippen molar-refractivity contribution in [3.05, 3.63) is 0 Å². The molecule has 0 aromatic heterocycles. The van der Waals surface area contributed by atoms with E-state index in [1.807, 2.05) is 20.8 Å². The zero-order chi connectivity index (χ0) is 15.4. The van der Waals surface area contributed by atoms with Gasteiger partial charge in [0.2, 0.25) is 0 Å². The molecule has 1 unspecified atom stereocenters. The number of hydrogen-bond acceptors (Lipinski definition) is 5. The van der Waals surface area contributed by atoms with Crippen LogP contribution in [0.3, 0.4) is 0 Å². The van der Waals surface area contributed by atoms with Gasteiger partial charge in [0.15, 0.2) is 6.10 Å². The fraction of sp³-hybridized carbons (Fsp3) is 0.769. The maximum atomic E-state index is 10.7. The summed E-state index contributed by atoms with van der Waals surface area (Å²) in [5.41, 5.74) is 4.95. The second kappa shape index (κ2) is 10.7. The van der Waals surface area contributed by atoms with Crippen molar-refractivity contribution in [2.75, 3.05) is 19.8 Å². The normalized spacial score (nSPS) is 12.7. The third-order valence-corrected chi connectivity index (χ3v) is 5.64. The Labute approximate surface area is 122 Å². The summed E-state index contributed by atoms with van der Waals surface area (Å²) in [5, 5.41) is 0. The highest BCUT2D eigenvalue weighted by molar-refractivity contribution is 6.60. The van der Waals surface area contributed by atoms with Crippen LogP contribution in [0.4, 0.5) is 4.79 Å². The summed E-state index contributed by atoms with van der Waals surface area (Å²) in [6.45, 7) is 7.30. The van der Waals surface area contributed by atoms with Crippen LogP contribution in [0, 0.1) is 12.3 Å². The number of carbonyl (C=O) groups is 1. The standard InChI is InChI=1S/C13H25NO5Si/c1-5-12(19-13(14)15)10-9-11-20(16-6-2,17-7-3)18-8-4/h1,12H,6-11H2,2-4H3,(H2,14,15). The molecule has 20 heavy (non-hydrogen) atoms. The summed E-state index contributed by atoms with van der Waals surface area (Å²) in [4.78, 5) is 10.7. The quantitative estimate of drug-likeness (QED) is 0.466. The van der Waals surface area contributed by atoms with Crippen molar-refractivity contribution >= 4 is 14.9 Å². The summed E-state index contributed by atoms with van der Waals surface area (Å²) in [7, 11) is -2.66. The lowest BCUT2D eigenvalue weighted by atomic mass is 10.2. The second-order valence-electron chi connectivity index (χ2n) is 3.97. The molecule has 0 rings (SSSR count). The molecule has 1 amide bonds. The van der Waals surface area contributed by atoms with Crippen molar-refractivity contribution in [1.29, 1.82) is 0 Å². The zero-order valence-corrected chi connectivity index (χ0v) is 13.5. The molecule has 0 saturated heterocycles. The number of amides is 1. The van der Waals surface area contributed by atoms with E-state index in [-0.39, 0.29) is 0 Å². The van der Waals surface area contributed by atoms with Gasteiger partial charge >= 0.3 is 14.9 Å². The van der Waals surface area contributed by atoms with Gasteiger partial charge in [-0.25, -0.2) is 4.79 Å². The van der Waals surface area contributed by atoms with Crippen LogP contribution in [-0.2, 0) is 18.0 Å². The van der Waals surface area contributed by atoms with E-state index in [0.29, 0.717) is 38.7 Å². The smallest absolute Gasteiger partial charge is 0.433 e. The van der Waals surface area contributed by atoms with E-state index in [4.69, 9.17) is 30.2 Å². The van der Waals surface area contributed by atoms with Crippen LogP contribution in [0.5, 0.6) is 0 Å². The van der Waals surface area contributed by atoms with E-state index in [0.717, 1.165) is 0 Å². The molecule has 0 aromatic rings. The fourth-order valence-corrected chi connectivity index (χ4v) is 4.46. The van der Waals surface area contributed by atoms with Gasteiger partial charge in [0, 0.05) is 25.9 Å². The highest BCUT2D eigenvalue weighted by Gasteiger charge is 2.39. The van der Waals surface area contributed by atoms with Crippen molar-refractivity contribution in [3.8, 4) is 12.3 Å². The minimum absolute atomic E-state index is 0.501. The molecule has 0 aromatic carbocycles. The van der Waals surface area contributed by atoms with Gasteiger partial charge in [-0.05, 0) is 33.6 Å². The lowest BCUT2D eigenvalue weighted by Gasteiger charge is -2.28. The summed E-state index contributed by atoms with van der Waals surface area (Å²) in [5.74, 6) is 2.39. The topological polar surface area (TPSA) is 80.0 Å². The molecule has 0 aliphatic carbocycles. The monoisotopic (exact) mass is 303 g/mol. The highest BCUT2D eigenvalue weighted by Crippen LogP contribution is 2.20. The first-order valence-electron chi connectivity index (χ1n) is 6.87. The summed E-state index contributed by atoms with van der Waals surface area (Å²) in [6, 6.07) is 0.628. The van der Waals surface area contributed by atoms with Gasteiger partial charge in [-0.3, -0.25) is 0 Å². The first-order valence-corrected chi connectivity index (χ1v) is 8.80. The Morgan fingerprint density at radius 3 is 2.05 bits per heavy atom. The first kappa shape index (κ1) is 18.9. The molecule has 0 spiro atoms. The van der Waals surface area contributed by atoms with Crippen LogP contribution in [0.1, 0.15) is 33.6 Å². The molecule has 0 saturated carbocycles. The molecule has 6 nitrogen and oxygen atoms in total. The van der Waals surface area contributed by atoms with Crippen LogP contribution < -0.4 is 5.73 Å². The largest absolute Gasteiger partial charge is 0.500 e. The number of carbonyl (C=O) groups excluding carboxylic acids is 1. The summed E-state index contributed by atoms with van der Waals surface area (Å²) >= 11 is 0. The molecule has 116 valence electrons. The minimum Gasteiger partial charge on any atom is -0.433 e. The Bertz CT molecular complexity index is 301. The second-order valence-corrected chi connectivity index (χ2v) is 6.70. The van der Waals surface area contributed by atoms with Crippen LogP contribution >= 0.6 is 0 Å². The van der Waals surface area contributed by atoms with E-state index < -0.39 is 21.0 Å². The Morgan fingerprint density at radius 2 is 1.70 bits per heavy atom. The molecule has 0 aliphatic rings. The zero-order valence-electron chi connectivity index (χ0n) is 12.5. The molecular weight excluding hydrogens is 278 g/mol. The van der Waals surface area contributed by atoms with Crippen LogP contribution in [0.15, 0.2) is 0 Å². The van der Waals surface area contributed by atoms with Crippen LogP contribution in [-0.4, -0.2) is 40.8 Å². The van der Waals surface area contributed by atoms with Crippen LogP contribution in [0.2, 0.25) is 6.04 Å². The van der Waals surface area contributed by atoms with Gasteiger partial charge in [0.25, 0.3) is 0 Å². The van der Waals surface area contributed by atoms with Crippen molar-refractivity contribution in [3.63, 3.8) is 0 Å². The number of rotatable bonds is 11. The molecule has 0 fully saturated rings. The van der Waals surface area contributed by atoms with E-state index in [2.05, 4.69) is 5.92 Å². The van der Waals surface area contributed by atoms with Crippen molar-refractivity contribution < 1.29 is 22.8 Å². The van der Waals surface area contributed by atoms with Gasteiger partial charge < -0.3 is 23.7 Å². The molecular formula is C13H25NO5Si. The maximum Gasteiger partial charge on any atom is 0.500 e. The number of hydrogen-bond donors (Lipinski definition) is 1. The van der Waals surface area contributed by atoms with E-state index >= 15 is 0 Å². The van der Waals surface area contributed by atoms with E-state index in [1.165, 1.54) is 0 Å². The Kier molecular flexibility index (Phi) is 10.1. The van der Waals surface area contributed by atoms with Gasteiger partial charge in [-0.15, -0.1) is 6.42 Å². The minimum atomic E-state index is -2.66. The number of nitrogens with two attached hydrogens (primary N) is 1. The maximum absolute atomic E-state index is 10.7. The van der Waals surface area contributed by atoms with E-state index in [9.17, 15) is 4.79 Å². The molecule has 0 bridgehead atoms. The third-order valence-electron chi connectivity index (χ3n) is 2.49. The SMILES string of the molecule is C#CC(CCC[Si](OCC)(OCC)OCC)OC(N)=O. The van der Waals surface area contributed by atoms with Crippen LogP contribution in [0.25, 0.3) is 0 Å². The number of primary amides is 1. The van der Waals surface area contributed by atoms with Crippen molar-refractivity contribution in [1.82, 2.24) is 0 Å². The molecule has 0 aliphatic heterocycles. The first-order chi connectivity index (χ1) is 9.53. The van der Waals surface area contributed by atoms with Gasteiger partial charge in [-0.2, -0.15) is 0 Å². The predicted molar refractivity (Wildman–Crippen MR) is 78.0 cm³/mol. The van der Waals surface area contributed by atoms with Gasteiger partial charge in [-0.1, -0.05) is 5.92 Å². The lowest BCUT2D eigenvalue weighted by molar-refractivity contribution is 0.0695. The number of terminal acetylenes is 1. The van der Waals surface area contributed by atoms with Crippen molar-refractivity contribution in [2.24, 2.45) is 5.73 Å². The van der Waals surface area contributed by atoms with Crippen molar-refractivity contribution in [2.45, 2.75) is 45.8 Å². The molecule has 0 radical (unpaired) electrons. The summed E-state index contributed by atoms with van der Waals surface area (Å²) < 4.78 is 21.9. The Hall–Kier alpha value is -1.07. The van der Waals surface area contributed by atoms with Gasteiger partial charge in [0.05, 0.1) is 0 Å². The fourth-order valence-electron chi connectivity index (χ4n) is 1.82. The Morgan fingerprint density at radius 1 is 1.20 bits per heavy atom. The number of ether oxygens (including phenoxy) is 1. The van der Waals surface area contributed by atoms with Gasteiger partial charge in [0.1, 0.15) is 0 Å². The summed E-state index contributed by atoms with van der Waals surface area (Å²) in [6.07, 6.45) is 4.97. The predicted octanol–water partition coefficient (Wildman–Crippen LogP) is 1.91. The lowest BCUT2D eigenvalue weighted by Crippen LogP contribution is -2.46. The molecule has 0 heterocycles. The average Bonchev–Trinajstić information content (AvgIpc) is 2.38. The molecule has 1 atom stereocenters. The third kappa shape index (κ3) is 7.50. The Balaban J connectivity index is 4.43. The average molecular weight is 303 g/mol. The van der Waals surface area contributed by atoms with E-state index in [1.54, 1.807) is 0 Å². The molecule has 2 N–H and O–H groups in total.